The first kappa shape index (κ1) is 15.0. The normalized spacial score (nSPS) is 24.5. The zero-order chi connectivity index (χ0) is 13.9. The Morgan fingerprint density at radius 1 is 1.53 bits per heavy atom. The quantitative estimate of drug-likeness (QED) is 0.800. The van der Waals surface area contributed by atoms with Gasteiger partial charge in [0.2, 0.25) is 0 Å². The van der Waals surface area contributed by atoms with E-state index < -0.39 is 10.0 Å². The number of hydrogen-bond donors (Lipinski definition) is 2. The summed E-state index contributed by atoms with van der Waals surface area (Å²) < 4.78 is 26.9. The number of sulfonamides is 1. The van der Waals surface area contributed by atoms with E-state index in [0.717, 1.165) is 19.3 Å². The molecule has 1 fully saturated rings. The Kier molecular flexibility index (Phi) is 5.03. The summed E-state index contributed by atoms with van der Waals surface area (Å²) in [7, 11) is -3.45. The summed E-state index contributed by atoms with van der Waals surface area (Å²) in [5.74, 6) is 1.11. The molecule has 0 saturated heterocycles. The van der Waals surface area contributed by atoms with Crippen molar-refractivity contribution in [3.8, 4) is 0 Å². The molecule has 1 heterocycles. The number of aryl methyl sites for hydroxylation is 1. The largest absolute Gasteiger partial charge is 0.332 e. The third-order valence-corrected chi connectivity index (χ3v) is 5.68. The van der Waals surface area contributed by atoms with Gasteiger partial charge in [0.1, 0.15) is 5.82 Å². The summed E-state index contributed by atoms with van der Waals surface area (Å²) in [6.07, 6.45) is 6.55. The standard InChI is InChI=1S/C12H20BrN3O2S/c1-2-11-14-8-12(16-11)19(17,18)15-7-9-4-3-5-10(13)6-9/h8-10,15H,2-7H2,1H3,(H,14,16). The van der Waals surface area contributed by atoms with E-state index in [4.69, 9.17) is 0 Å². The van der Waals surface area contributed by atoms with Crippen LogP contribution in [0.1, 0.15) is 38.4 Å². The van der Waals surface area contributed by atoms with Crippen LogP contribution in [0.3, 0.4) is 0 Å². The second-order valence-corrected chi connectivity index (χ2v) is 8.06. The lowest BCUT2D eigenvalue weighted by atomic mass is 9.89. The van der Waals surface area contributed by atoms with Crippen molar-refractivity contribution in [2.75, 3.05) is 6.54 Å². The van der Waals surface area contributed by atoms with Crippen molar-refractivity contribution in [3.63, 3.8) is 0 Å². The molecule has 1 aliphatic carbocycles. The van der Waals surface area contributed by atoms with Crippen LogP contribution in [0.4, 0.5) is 0 Å². The van der Waals surface area contributed by atoms with Crippen molar-refractivity contribution < 1.29 is 8.42 Å². The number of nitrogens with one attached hydrogen (secondary N) is 2. The van der Waals surface area contributed by atoms with Gasteiger partial charge in [0, 0.05) is 17.8 Å². The van der Waals surface area contributed by atoms with Crippen LogP contribution in [0.15, 0.2) is 11.2 Å². The fourth-order valence-electron chi connectivity index (χ4n) is 2.38. The molecule has 1 aromatic rings. The van der Waals surface area contributed by atoms with Crippen molar-refractivity contribution in [2.24, 2.45) is 5.92 Å². The lowest BCUT2D eigenvalue weighted by Crippen LogP contribution is -2.32. The van der Waals surface area contributed by atoms with Gasteiger partial charge in [-0.15, -0.1) is 0 Å². The van der Waals surface area contributed by atoms with E-state index in [1.54, 1.807) is 0 Å². The van der Waals surface area contributed by atoms with Crippen LogP contribution in [-0.2, 0) is 16.4 Å². The molecule has 1 aromatic heterocycles. The predicted octanol–water partition coefficient (Wildman–Crippen LogP) is 2.20. The first-order valence-corrected chi connectivity index (χ1v) is 9.08. The molecular formula is C12H20BrN3O2S. The second-order valence-electron chi connectivity index (χ2n) is 5.03. The number of halogens is 1. The molecule has 2 atom stereocenters. The summed E-state index contributed by atoms with van der Waals surface area (Å²) in [6.45, 7) is 2.44. The molecule has 0 radical (unpaired) electrons. The van der Waals surface area contributed by atoms with Crippen LogP contribution in [-0.4, -0.2) is 29.8 Å². The predicted molar refractivity (Wildman–Crippen MR) is 77.8 cm³/mol. The van der Waals surface area contributed by atoms with Gasteiger partial charge in [-0.05, 0) is 25.2 Å². The highest BCUT2D eigenvalue weighted by Crippen LogP contribution is 2.28. The monoisotopic (exact) mass is 349 g/mol. The molecule has 19 heavy (non-hydrogen) atoms. The summed E-state index contributed by atoms with van der Waals surface area (Å²) in [6, 6.07) is 0. The smallest absolute Gasteiger partial charge is 0.257 e. The van der Waals surface area contributed by atoms with E-state index in [1.807, 2.05) is 6.92 Å². The Bertz CT molecular complexity index is 515. The highest BCUT2D eigenvalue weighted by molar-refractivity contribution is 9.09. The zero-order valence-corrected chi connectivity index (χ0v) is 13.4. The molecule has 0 amide bonds. The highest BCUT2D eigenvalue weighted by atomic mass is 79.9. The molecule has 0 aromatic carbocycles. The van der Waals surface area contributed by atoms with Crippen molar-refractivity contribution in [1.82, 2.24) is 14.7 Å². The minimum atomic E-state index is -3.45. The second kappa shape index (κ2) is 6.37. The minimum Gasteiger partial charge on any atom is -0.332 e. The number of nitrogens with zero attached hydrogens (tertiary/aromatic N) is 1. The van der Waals surface area contributed by atoms with Crippen LogP contribution < -0.4 is 4.72 Å². The number of H-pyrrole nitrogens is 1. The lowest BCUT2D eigenvalue weighted by Gasteiger charge is -2.25. The number of aromatic amines is 1. The zero-order valence-electron chi connectivity index (χ0n) is 11.0. The van der Waals surface area contributed by atoms with Crippen LogP contribution in [0.5, 0.6) is 0 Å². The number of aromatic nitrogens is 2. The average Bonchev–Trinajstić information content (AvgIpc) is 2.86. The Balaban J connectivity index is 1.93. The molecule has 7 heteroatoms. The first-order valence-electron chi connectivity index (χ1n) is 6.69. The molecular weight excluding hydrogens is 330 g/mol. The van der Waals surface area contributed by atoms with Gasteiger partial charge in [-0.3, -0.25) is 0 Å². The number of alkyl halides is 1. The van der Waals surface area contributed by atoms with E-state index in [-0.39, 0.29) is 5.03 Å². The van der Waals surface area contributed by atoms with E-state index in [9.17, 15) is 8.42 Å². The van der Waals surface area contributed by atoms with E-state index in [0.29, 0.717) is 29.5 Å². The van der Waals surface area contributed by atoms with Gasteiger partial charge >= 0.3 is 0 Å². The molecule has 2 rings (SSSR count). The number of rotatable bonds is 5. The van der Waals surface area contributed by atoms with Gasteiger partial charge in [0.15, 0.2) is 5.03 Å². The maximum atomic E-state index is 12.1. The number of imidazole rings is 1. The van der Waals surface area contributed by atoms with Crippen molar-refractivity contribution in [3.05, 3.63) is 12.0 Å². The molecule has 108 valence electrons. The summed E-state index contributed by atoms with van der Waals surface area (Å²) in [4.78, 5) is 7.38. The third kappa shape index (κ3) is 4.03. The van der Waals surface area contributed by atoms with Crippen LogP contribution >= 0.6 is 15.9 Å². The average molecular weight is 350 g/mol. The minimum absolute atomic E-state index is 0.163. The molecule has 0 spiro atoms. The van der Waals surface area contributed by atoms with Crippen LogP contribution in [0.25, 0.3) is 0 Å². The van der Waals surface area contributed by atoms with Crippen LogP contribution in [0, 0.1) is 5.92 Å². The van der Waals surface area contributed by atoms with E-state index in [2.05, 4.69) is 30.6 Å². The summed E-state index contributed by atoms with van der Waals surface area (Å²) in [5.41, 5.74) is 0. The molecule has 0 bridgehead atoms. The molecule has 1 aliphatic rings. The maximum absolute atomic E-state index is 12.1. The molecule has 2 N–H and O–H groups in total. The highest BCUT2D eigenvalue weighted by Gasteiger charge is 2.23. The van der Waals surface area contributed by atoms with Gasteiger partial charge in [-0.1, -0.05) is 29.3 Å². The molecule has 5 nitrogen and oxygen atoms in total. The van der Waals surface area contributed by atoms with Crippen molar-refractivity contribution in [2.45, 2.75) is 48.9 Å². The molecule has 2 unspecified atom stereocenters. The van der Waals surface area contributed by atoms with Gasteiger partial charge < -0.3 is 4.98 Å². The van der Waals surface area contributed by atoms with Gasteiger partial charge in [-0.25, -0.2) is 18.1 Å². The molecule has 0 aliphatic heterocycles. The fourth-order valence-corrected chi connectivity index (χ4v) is 4.28. The number of hydrogen-bond acceptors (Lipinski definition) is 3. The van der Waals surface area contributed by atoms with E-state index >= 15 is 0 Å². The van der Waals surface area contributed by atoms with Gasteiger partial charge in [-0.2, -0.15) is 0 Å². The Morgan fingerprint density at radius 3 is 2.95 bits per heavy atom. The van der Waals surface area contributed by atoms with Gasteiger partial charge in [0.05, 0.1) is 6.20 Å². The first-order chi connectivity index (χ1) is 9.01. The fraction of sp³-hybridized carbons (Fsp3) is 0.750. The summed E-state index contributed by atoms with van der Waals surface area (Å²) >= 11 is 3.61. The maximum Gasteiger partial charge on any atom is 0.257 e. The van der Waals surface area contributed by atoms with Crippen molar-refractivity contribution in [1.29, 1.82) is 0 Å². The van der Waals surface area contributed by atoms with Crippen molar-refractivity contribution >= 4 is 26.0 Å². The lowest BCUT2D eigenvalue weighted by molar-refractivity contribution is 0.367. The Labute approximate surface area is 122 Å². The van der Waals surface area contributed by atoms with Gasteiger partial charge in [0.25, 0.3) is 10.0 Å². The third-order valence-electron chi connectivity index (χ3n) is 3.51. The van der Waals surface area contributed by atoms with E-state index in [1.165, 1.54) is 12.6 Å². The Hall–Kier alpha value is -0.400. The summed E-state index contributed by atoms with van der Waals surface area (Å²) in [5, 5.41) is 0.163. The SMILES string of the molecule is CCc1ncc(S(=O)(=O)NCC2CCCC(Br)C2)[nH]1. The Morgan fingerprint density at radius 2 is 2.32 bits per heavy atom. The van der Waals surface area contributed by atoms with Crippen LogP contribution in [0.2, 0.25) is 0 Å². The topological polar surface area (TPSA) is 74.8 Å². The molecule has 1 saturated carbocycles.